The summed E-state index contributed by atoms with van der Waals surface area (Å²) in [6, 6.07) is 6.52. The topological polar surface area (TPSA) is 70.6 Å². The number of guanidine groups is 1. The van der Waals surface area contributed by atoms with Crippen molar-refractivity contribution in [2.45, 2.75) is 32.2 Å². The molecule has 1 atom stereocenters. The smallest absolute Gasteiger partial charge is 0.191 e. The van der Waals surface area contributed by atoms with Gasteiger partial charge in [0.25, 0.3) is 0 Å². The van der Waals surface area contributed by atoms with Crippen LogP contribution in [0.4, 0.5) is 4.39 Å². The molecule has 0 amide bonds. The number of rotatable bonds is 6. The first-order valence-corrected chi connectivity index (χ1v) is 9.80. The highest BCUT2D eigenvalue weighted by atomic mass is 32.2. The van der Waals surface area contributed by atoms with Crippen LogP contribution in [0.15, 0.2) is 29.3 Å². The fourth-order valence-corrected chi connectivity index (χ4v) is 4.26. The number of hydrogen-bond acceptors (Lipinski definition) is 3. The van der Waals surface area contributed by atoms with Gasteiger partial charge < -0.3 is 10.6 Å². The zero-order valence-corrected chi connectivity index (χ0v) is 14.2. The summed E-state index contributed by atoms with van der Waals surface area (Å²) in [5, 5.41) is 6.31. The second kappa shape index (κ2) is 8.29. The molecule has 1 aromatic carbocycles. The number of sulfone groups is 1. The van der Waals surface area contributed by atoms with E-state index in [1.54, 1.807) is 6.07 Å². The van der Waals surface area contributed by atoms with Gasteiger partial charge in [-0.15, -0.1) is 0 Å². The number of hydrogen-bond donors (Lipinski definition) is 2. The van der Waals surface area contributed by atoms with E-state index < -0.39 is 9.84 Å². The van der Waals surface area contributed by atoms with E-state index in [9.17, 15) is 12.8 Å². The normalized spacial score (nSPS) is 20.4. The largest absolute Gasteiger partial charge is 0.357 e. The summed E-state index contributed by atoms with van der Waals surface area (Å²) in [5.41, 5.74) is 0.958. The average molecular weight is 341 g/mol. The van der Waals surface area contributed by atoms with E-state index in [-0.39, 0.29) is 23.4 Å². The molecule has 1 aromatic rings. The number of halogens is 1. The summed E-state index contributed by atoms with van der Waals surface area (Å²) >= 11 is 0. The van der Waals surface area contributed by atoms with E-state index in [1.165, 1.54) is 12.1 Å². The highest BCUT2D eigenvalue weighted by Crippen LogP contribution is 2.11. The van der Waals surface area contributed by atoms with Crippen LogP contribution in [0, 0.1) is 5.82 Å². The summed E-state index contributed by atoms with van der Waals surface area (Å²) in [6.07, 6.45) is 2.19. The Labute approximate surface area is 137 Å². The number of nitrogens with zero attached hydrogens (tertiary/aromatic N) is 1. The minimum Gasteiger partial charge on any atom is -0.357 e. The Morgan fingerprint density at radius 3 is 2.91 bits per heavy atom. The summed E-state index contributed by atoms with van der Waals surface area (Å²) in [7, 11) is -2.90. The van der Waals surface area contributed by atoms with Crippen molar-refractivity contribution in [3.63, 3.8) is 0 Å². The van der Waals surface area contributed by atoms with Gasteiger partial charge in [0.1, 0.15) is 5.82 Å². The van der Waals surface area contributed by atoms with Gasteiger partial charge in [0.15, 0.2) is 15.8 Å². The minimum atomic E-state index is -2.90. The van der Waals surface area contributed by atoms with Crippen molar-refractivity contribution < 1.29 is 12.8 Å². The van der Waals surface area contributed by atoms with Crippen LogP contribution in [0.1, 0.15) is 25.3 Å². The zero-order valence-electron chi connectivity index (χ0n) is 13.4. The third kappa shape index (κ3) is 6.17. The molecular weight excluding hydrogens is 317 g/mol. The van der Waals surface area contributed by atoms with Crippen LogP contribution in [-0.4, -0.2) is 45.0 Å². The lowest BCUT2D eigenvalue weighted by atomic mass is 10.1. The maximum Gasteiger partial charge on any atom is 0.191 e. The monoisotopic (exact) mass is 341 g/mol. The molecule has 5 nitrogen and oxygen atoms in total. The van der Waals surface area contributed by atoms with E-state index in [1.807, 2.05) is 13.0 Å². The molecule has 0 radical (unpaired) electrons. The van der Waals surface area contributed by atoms with Gasteiger partial charge in [0.2, 0.25) is 0 Å². The molecule has 1 unspecified atom stereocenters. The maximum atomic E-state index is 13.1. The number of aliphatic imine (C=N–C) groups is 1. The summed E-state index contributed by atoms with van der Waals surface area (Å²) in [5.74, 6) is 0.835. The average Bonchev–Trinajstić information content (AvgIpc) is 2.83. The maximum absolute atomic E-state index is 13.1. The van der Waals surface area contributed by atoms with Crippen molar-refractivity contribution in [3.05, 3.63) is 35.6 Å². The summed E-state index contributed by atoms with van der Waals surface area (Å²) < 4.78 is 36.1. The standard InChI is InChI=1S/C16H24FN3O2S/c1-2-18-16(20-15-8-10-23(21,22)12-15)19-9-4-6-13-5-3-7-14(17)11-13/h3,5,7,11,15H,2,4,6,8-10,12H2,1H3,(H2,18,19,20). The zero-order chi connectivity index (χ0) is 16.7. The Hall–Kier alpha value is -1.63. The molecule has 23 heavy (non-hydrogen) atoms. The first-order chi connectivity index (χ1) is 11.0. The summed E-state index contributed by atoms with van der Waals surface area (Å²) in [6.45, 7) is 3.29. The Balaban J connectivity index is 1.81. The van der Waals surface area contributed by atoms with Crippen LogP contribution in [0.25, 0.3) is 0 Å². The molecule has 0 aliphatic carbocycles. The van der Waals surface area contributed by atoms with Gasteiger partial charge in [-0.25, -0.2) is 12.8 Å². The van der Waals surface area contributed by atoms with Gasteiger partial charge in [0.05, 0.1) is 11.5 Å². The van der Waals surface area contributed by atoms with E-state index >= 15 is 0 Å². The Morgan fingerprint density at radius 1 is 1.43 bits per heavy atom. The second-order valence-corrected chi connectivity index (χ2v) is 7.97. The molecule has 0 bridgehead atoms. The molecule has 1 heterocycles. The van der Waals surface area contributed by atoms with E-state index in [0.717, 1.165) is 24.9 Å². The van der Waals surface area contributed by atoms with E-state index in [2.05, 4.69) is 15.6 Å². The van der Waals surface area contributed by atoms with Crippen LogP contribution in [0.3, 0.4) is 0 Å². The van der Waals surface area contributed by atoms with Crippen molar-refractivity contribution >= 4 is 15.8 Å². The quantitative estimate of drug-likeness (QED) is 0.467. The molecule has 1 fully saturated rings. The van der Waals surface area contributed by atoms with Crippen LogP contribution >= 0.6 is 0 Å². The Morgan fingerprint density at radius 2 is 2.26 bits per heavy atom. The van der Waals surface area contributed by atoms with Gasteiger partial charge in [-0.1, -0.05) is 12.1 Å². The van der Waals surface area contributed by atoms with Gasteiger partial charge in [-0.3, -0.25) is 4.99 Å². The fourth-order valence-electron chi connectivity index (χ4n) is 2.59. The summed E-state index contributed by atoms with van der Waals surface area (Å²) in [4.78, 5) is 4.47. The molecule has 128 valence electrons. The number of benzene rings is 1. The molecule has 7 heteroatoms. The number of aryl methyl sites for hydroxylation is 1. The van der Waals surface area contributed by atoms with Crippen molar-refractivity contribution in [3.8, 4) is 0 Å². The van der Waals surface area contributed by atoms with Crippen molar-refractivity contribution in [2.75, 3.05) is 24.6 Å². The third-order valence-corrected chi connectivity index (χ3v) is 5.47. The van der Waals surface area contributed by atoms with Crippen molar-refractivity contribution in [1.82, 2.24) is 10.6 Å². The lowest BCUT2D eigenvalue weighted by Crippen LogP contribution is -2.44. The Kier molecular flexibility index (Phi) is 6.38. The van der Waals surface area contributed by atoms with Crippen LogP contribution in [0.5, 0.6) is 0 Å². The SMILES string of the molecule is CCNC(=NCCCc1cccc(F)c1)NC1CCS(=O)(=O)C1. The fraction of sp³-hybridized carbons (Fsp3) is 0.562. The van der Waals surface area contributed by atoms with Gasteiger partial charge in [-0.05, 0) is 43.9 Å². The lowest BCUT2D eigenvalue weighted by molar-refractivity contribution is 0.599. The molecule has 2 N–H and O–H groups in total. The molecule has 0 aromatic heterocycles. The van der Waals surface area contributed by atoms with Crippen molar-refractivity contribution in [1.29, 1.82) is 0 Å². The Bertz CT molecular complexity index is 646. The van der Waals surface area contributed by atoms with Crippen molar-refractivity contribution in [2.24, 2.45) is 4.99 Å². The van der Waals surface area contributed by atoms with E-state index in [4.69, 9.17) is 0 Å². The van der Waals surface area contributed by atoms with Crippen LogP contribution in [-0.2, 0) is 16.3 Å². The minimum absolute atomic E-state index is 0.0685. The van der Waals surface area contributed by atoms with Gasteiger partial charge in [-0.2, -0.15) is 0 Å². The van der Waals surface area contributed by atoms with E-state index in [0.29, 0.717) is 18.9 Å². The molecule has 0 spiro atoms. The number of nitrogens with one attached hydrogen (secondary N) is 2. The lowest BCUT2D eigenvalue weighted by Gasteiger charge is -2.15. The first kappa shape index (κ1) is 17.7. The molecule has 1 aliphatic rings. The predicted molar refractivity (Wildman–Crippen MR) is 90.9 cm³/mol. The van der Waals surface area contributed by atoms with Crippen LogP contribution < -0.4 is 10.6 Å². The predicted octanol–water partition coefficient (Wildman–Crippen LogP) is 1.50. The molecule has 2 rings (SSSR count). The highest BCUT2D eigenvalue weighted by molar-refractivity contribution is 7.91. The molecule has 0 saturated carbocycles. The second-order valence-electron chi connectivity index (χ2n) is 5.74. The molecule has 1 aliphatic heterocycles. The van der Waals surface area contributed by atoms with Gasteiger partial charge >= 0.3 is 0 Å². The first-order valence-electron chi connectivity index (χ1n) is 7.98. The third-order valence-electron chi connectivity index (χ3n) is 3.70. The van der Waals surface area contributed by atoms with Crippen LogP contribution in [0.2, 0.25) is 0 Å². The van der Waals surface area contributed by atoms with Gasteiger partial charge in [0, 0.05) is 19.1 Å². The highest BCUT2D eigenvalue weighted by Gasteiger charge is 2.28. The molecular formula is C16H24FN3O2S. The molecule has 1 saturated heterocycles.